The largest absolute Gasteiger partial charge is 0.357 e. The molecular weight excluding hydrogens is 494 g/mol. The summed E-state index contributed by atoms with van der Waals surface area (Å²) in [4.78, 5) is 26.8. The van der Waals surface area contributed by atoms with Crippen molar-refractivity contribution in [2.75, 3.05) is 24.2 Å². The van der Waals surface area contributed by atoms with Crippen molar-refractivity contribution in [1.29, 1.82) is 0 Å². The molecule has 0 saturated heterocycles. The first-order valence-corrected chi connectivity index (χ1v) is 12.0. The normalized spacial score (nSPS) is 12.2. The van der Waals surface area contributed by atoms with Crippen LogP contribution in [0.2, 0.25) is 5.02 Å². The molecule has 0 spiro atoms. The number of hydrogen-bond acceptors (Lipinski definition) is 4. The van der Waals surface area contributed by atoms with Gasteiger partial charge in [0.2, 0.25) is 21.8 Å². The molecule has 2 aromatic carbocycles. The van der Waals surface area contributed by atoms with Gasteiger partial charge < -0.3 is 10.2 Å². The molecule has 2 aromatic rings. The molecule has 0 saturated carbocycles. The topological polar surface area (TPSA) is 86.8 Å². The number of nitrogens with zero attached hydrogens (tertiary/aromatic N) is 2. The summed E-state index contributed by atoms with van der Waals surface area (Å²) in [6, 6.07) is 12.9. The van der Waals surface area contributed by atoms with Crippen molar-refractivity contribution in [1.82, 2.24) is 10.2 Å². The van der Waals surface area contributed by atoms with Crippen molar-refractivity contribution in [3.63, 3.8) is 0 Å². The van der Waals surface area contributed by atoms with Crippen LogP contribution in [0.3, 0.4) is 0 Å². The van der Waals surface area contributed by atoms with E-state index in [4.69, 9.17) is 11.6 Å². The first-order chi connectivity index (χ1) is 14.0. The monoisotopic (exact) mass is 515 g/mol. The van der Waals surface area contributed by atoms with Crippen molar-refractivity contribution in [2.45, 2.75) is 19.5 Å². The Hall–Kier alpha value is -2.10. The number of carbonyl (C=O) groups excluding carboxylic acids is 2. The Morgan fingerprint density at radius 2 is 1.83 bits per heavy atom. The standard InChI is InChI=1S/C20H23BrClN3O4S/c1-14(20(27)23-2)24(12-15-7-6-8-16(21)11-15)19(26)13-25(30(3,28)29)18-10-5-4-9-17(18)22/h4-11,14H,12-13H2,1-3H3,(H,23,27)/t14-/m1/s1. The third kappa shape index (κ3) is 6.20. The van der Waals surface area contributed by atoms with Crippen LogP contribution in [-0.2, 0) is 26.2 Å². The maximum absolute atomic E-state index is 13.2. The Kier molecular flexibility index (Phi) is 8.28. The van der Waals surface area contributed by atoms with Crippen LogP contribution < -0.4 is 9.62 Å². The van der Waals surface area contributed by atoms with Crippen LogP contribution in [0.1, 0.15) is 12.5 Å². The van der Waals surface area contributed by atoms with Gasteiger partial charge in [-0.2, -0.15) is 0 Å². The molecule has 0 aromatic heterocycles. The van der Waals surface area contributed by atoms with Gasteiger partial charge >= 0.3 is 0 Å². The summed E-state index contributed by atoms with van der Waals surface area (Å²) in [5, 5.41) is 2.73. The van der Waals surface area contributed by atoms with E-state index in [0.29, 0.717) is 0 Å². The van der Waals surface area contributed by atoms with Gasteiger partial charge in [-0.15, -0.1) is 0 Å². The molecular formula is C20H23BrClN3O4S. The highest BCUT2D eigenvalue weighted by Gasteiger charge is 2.30. The Balaban J connectivity index is 2.40. The first kappa shape index (κ1) is 24.2. The number of halogens is 2. The minimum Gasteiger partial charge on any atom is -0.357 e. The second-order valence-electron chi connectivity index (χ2n) is 6.66. The maximum Gasteiger partial charge on any atom is 0.244 e. The van der Waals surface area contributed by atoms with Gasteiger partial charge in [-0.3, -0.25) is 13.9 Å². The predicted molar refractivity (Wildman–Crippen MR) is 122 cm³/mol. The first-order valence-electron chi connectivity index (χ1n) is 9.02. The van der Waals surface area contributed by atoms with Gasteiger partial charge in [0.05, 0.1) is 17.0 Å². The molecule has 0 unspecified atom stereocenters. The van der Waals surface area contributed by atoms with Crippen LogP contribution in [0.4, 0.5) is 5.69 Å². The number of hydrogen-bond donors (Lipinski definition) is 1. The van der Waals surface area contributed by atoms with Gasteiger partial charge in [0.25, 0.3) is 0 Å². The number of anilines is 1. The Bertz CT molecular complexity index is 1030. The predicted octanol–water partition coefficient (Wildman–Crippen LogP) is 3.03. The van der Waals surface area contributed by atoms with E-state index in [9.17, 15) is 18.0 Å². The Morgan fingerprint density at radius 1 is 1.17 bits per heavy atom. The van der Waals surface area contributed by atoms with E-state index in [-0.39, 0.29) is 23.2 Å². The van der Waals surface area contributed by atoms with E-state index in [1.54, 1.807) is 25.1 Å². The molecule has 1 atom stereocenters. The number of likely N-dealkylation sites (N-methyl/N-ethyl adjacent to an activating group) is 1. The number of nitrogens with one attached hydrogen (secondary N) is 1. The van der Waals surface area contributed by atoms with E-state index < -0.39 is 28.5 Å². The van der Waals surface area contributed by atoms with Gasteiger partial charge in [-0.25, -0.2) is 8.42 Å². The number of para-hydroxylation sites is 1. The van der Waals surface area contributed by atoms with Crippen LogP contribution in [0.5, 0.6) is 0 Å². The zero-order chi connectivity index (χ0) is 22.5. The van der Waals surface area contributed by atoms with Crippen LogP contribution in [0, 0.1) is 0 Å². The van der Waals surface area contributed by atoms with Crippen molar-refractivity contribution in [3.8, 4) is 0 Å². The van der Waals surface area contributed by atoms with Gasteiger partial charge in [-0.05, 0) is 36.8 Å². The fraction of sp³-hybridized carbons (Fsp3) is 0.300. The van der Waals surface area contributed by atoms with Crippen molar-refractivity contribution < 1.29 is 18.0 Å². The average molecular weight is 517 g/mol. The molecule has 162 valence electrons. The zero-order valence-electron chi connectivity index (χ0n) is 16.8. The third-order valence-corrected chi connectivity index (χ3v) is 6.40. The van der Waals surface area contributed by atoms with Crippen molar-refractivity contribution in [2.24, 2.45) is 0 Å². The number of sulfonamides is 1. The van der Waals surface area contributed by atoms with Crippen molar-refractivity contribution >= 4 is 55.1 Å². The lowest BCUT2D eigenvalue weighted by molar-refractivity contribution is -0.139. The molecule has 7 nitrogen and oxygen atoms in total. The van der Waals surface area contributed by atoms with Crippen LogP contribution >= 0.6 is 27.5 Å². The lowest BCUT2D eigenvalue weighted by Crippen LogP contribution is -2.50. The molecule has 2 rings (SSSR count). The quantitative estimate of drug-likeness (QED) is 0.584. The van der Waals surface area contributed by atoms with Crippen LogP contribution in [0.25, 0.3) is 0 Å². The molecule has 0 aliphatic carbocycles. The highest BCUT2D eigenvalue weighted by molar-refractivity contribution is 9.10. The summed E-state index contributed by atoms with van der Waals surface area (Å²) in [5.41, 5.74) is 0.988. The molecule has 0 aliphatic heterocycles. The molecule has 1 N–H and O–H groups in total. The molecule has 0 radical (unpaired) electrons. The summed E-state index contributed by atoms with van der Waals surface area (Å²) in [6.07, 6.45) is 1.00. The van der Waals surface area contributed by atoms with Gasteiger partial charge in [-0.1, -0.05) is 51.8 Å². The van der Waals surface area contributed by atoms with E-state index in [1.165, 1.54) is 18.0 Å². The lowest BCUT2D eigenvalue weighted by Gasteiger charge is -2.31. The lowest BCUT2D eigenvalue weighted by atomic mass is 10.1. The van der Waals surface area contributed by atoms with Gasteiger partial charge in [0, 0.05) is 18.1 Å². The highest BCUT2D eigenvalue weighted by Crippen LogP contribution is 2.27. The molecule has 0 bridgehead atoms. The molecule has 0 heterocycles. The summed E-state index contributed by atoms with van der Waals surface area (Å²) in [5.74, 6) is -0.890. The van der Waals surface area contributed by atoms with Crippen LogP contribution in [0.15, 0.2) is 53.0 Å². The summed E-state index contributed by atoms with van der Waals surface area (Å²) >= 11 is 9.56. The zero-order valence-corrected chi connectivity index (χ0v) is 20.0. The van der Waals surface area contributed by atoms with Gasteiger partial charge in [0.1, 0.15) is 12.6 Å². The molecule has 0 fully saturated rings. The second-order valence-corrected chi connectivity index (χ2v) is 9.89. The second kappa shape index (κ2) is 10.3. The number of amides is 2. The molecule has 30 heavy (non-hydrogen) atoms. The average Bonchev–Trinajstić information content (AvgIpc) is 2.69. The molecule has 10 heteroatoms. The molecule has 0 aliphatic rings. The Labute approximate surface area is 190 Å². The smallest absolute Gasteiger partial charge is 0.244 e. The molecule has 2 amide bonds. The number of carbonyl (C=O) groups is 2. The summed E-state index contributed by atoms with van der Waals surface area (Å²) in [6.45, 7) is 1.24. The van der Waals surface area contributed by atoms with E-state index in [2.05, 4.69) is 21.2 Å². The summed E-state index contributed by atoms with van der Waals surface area (Å²) in [7, 11) is -2.33. The number of benzene rings is 2. The maximum atomic E-state index is 13.2. The third-order valence-electron chi connectivity index (χ3n) is 4.46. The van der Waals surface area contributed by atoms with E-state index >= 15 is 0 Å². The van der Waals surface area contributed by atoms with E-state index in [0.717, 1.165) is 20.6 Å². The van der Waals surface area contributed by atoms with Crippen LogP contribution in [-0.4, -0.2) is 51.0 Å². The van der Waals surface area contributed by atoms with E-state index in [1.807, 2.05) is 24.3 Å². The SMILES string of the molecule is CNC(=O)[C@@H](C)N(Cc1cccc(Br)c1)C(=O)CN(c1ccccc1Cl)S(C)(=O)=O. The summed E-state index contributed by atoms with van der Waals surface area (Å²) < 4.78 is 26.6. The fourth-order valence-electron chi connectivity index (χ4n) is 2.87. The van der Waals surface area contributed by atoms with Crippen molar-refractivity contribution in [3.05, 3.63) is 63.6 Å². The number of rotatable bonds is 8. The Morgan fingerprint density at radius 3 is 2.40 bits per heavy atom. The minimum absolute atomic E-state index is 0.132. The van der Waals surface area contributed by atoms with Gasteiger partial charge in [0.15, 0.2) is 0 Å². The minimum atomic E-state index is -3.81. The highest BCUT2D eigenvalue weighted by atomic mass is 79.9. The fourth-order valence-corrected chi connectivity index (χ4v) is 4.47.